The SMILES string of the molecule is COCC(CNCc1ccc2ccccc2c1)OC. The molecule has 102 valence electrons. The Balaban J connectivity index is 1.90. The molecule has 1 unspecified atom stereocenters. The van der Waals surface area contributed by atoms with Gasteiger partial charge in [0.15, 0.2) is 0 Å². The lowest BCUT2D eigenvalue weighted by Crippen LogP contribution is -2.31. The van der Waals surface area contributed by atoms with Crippen molar-refractivity contribution in [3.63, 3.8) is 0 Å². The summed E-state index contributed by atoms with van der Waals surface area (Å²) in [5.74, 6) is 0. The highest BCUT2D eigenvalue weighted by Crippen LogP contribution is 2.15. The Bertz CT molecular complexity index is 513. The fourth-order valence-corrected chi connectivity index (χ4v) is 2.12. The van der Waals surface area contributed by atoms with Crippen LogP contribution in [0.2, 0.25) is 0 Å². The molecule has 2 aromatic carbocycles. The van der Waals surface area contributed by atoms with Crippen LogP contribution in [0.25, 0.3) is 10.8 Å². The smallest absolute Gasteiger partial charge is 0.0928 e. The van der Waals surface area contributed by atoms with Crippen LogP contribution in [-0.2, 0) is 16.0 Å². The third kappa shape index (κ3) is 4.03. The Morgan fingerprint density at radius 1 is 1.05 bits per heavy atom. The molecule has 3 nitrogen and oxygen atoms in total. The second kappa shape index (κ2) is 7.24. The minimum atomic E-state index is 0.102. The molecule has 0 spiro atoms. The fourth-order valence-electron chi connectivity index (χ4n) is 2.12. The quantitative estimate of drug-likeness (QED) is 0.829. The van der Waals surface area contributed by atoms with E-state index in [4.69, 9.17) is 9.47 Å². The molecule has 0 saturated carbocycles. The van der Waals surface area contributed by atoms with Crippen molar-refractivity contribution in [3.05, 3.63) is 48.0 Å². The number of hydrogen-bond donors (Lipinski definition) is 1. The van der Waals surface area contributed by atoms with Gasteiger partial charge in [0.05, 0.1) is 12.7 Å². The van der Waals surface area contributed by atoms with Crippen LogP contribution in [0.15, 0.2) is 42.5 Å². The standard InChI is InChI=1S/C16H21NO2/c1-18-12-16(19-2)11-17-10-13-7-8-14-5-3-4-6-15(14)9-13/h3-9,16-17H,10-12H2,1-2H3. The van der Waals surface area contributed by atoms with Crippen LogP contribution in [0.5, 0.6) is 0 Å². The summed E-state index contributed by atoms with van der Waals surface area (Å²) in [7, 11) is 3.40. The Hall–Kier alpha value is -1.42. The Morgan fingerprint density at radius 3 is 2.58 bits per heavy atom. The van der Waals surface area contributed by atoms with Crippen molar-refractivity contribution < 1.29 is 9.47 Å². The second-order valence-corrected chi connectivity index (χ2v) is 4.63. The van der Waals surface area contributed by atoms with Crippen LogP contribution in [0.4, 0.5) is 0 Å². The Morgan fingerprint density at radius 2 is 1.84 bits per heavy atom. The number of hydrogen-bond acceptors (Lipinski definition) is 3. The van der Waals surface area contributed by atoms with Gasteiger partial charge < -0.3 is 14.8 Å². The molecule has 19 heavy (non-hydrogen) atoms. The summed E-state index contributed by atoms with van der Waals surface area (Å²) in [4.78, 5) is 0. The molecule has 2 rings (SSSR count). The first-order chi connectivity index (χ1) is 9.33. The van der Waals surface area contributed by atoms with E-state index in [9.17, 15) is 0 Å². The van der Waals surface area contributed by atoms with Gasteiger partial charge in [0, 0.05) is 27.3 Å². The summed E-state index contributed by atoms with van der Waals surface area (Å²) in [6.45, 7) is 2.24. The van der Waals surface area contributed by atoms with E-state index < -0.39 is 0 Å². The van der Waals surface area contributed by atoms with Crippen molar-refractivity contribution in [2.24, 2.45) is 0 Å². The van der Waals surface area contributed by atoms with Gasteiger partial charge in [-0.3, -0.25) is 0 Å². The van der Waals surface area contributed by atoms with Crippen molar-refractivity contribution >= 4 is 10.8 Å². The molecule has 3 heteroatoms. The minimum absolute atomic E-state index is 0.102. The monoisotopic (exact) mass is 259 g/mol. The van der Waals surface area contributed by atoms with Crippen molar-refractivity contribution in [1.82, 2.24) is 5.32 Å². The Labute approximate surface area is 114 Å². The normalized spacial score (nSPS) is 12.7. The van der Waals surface area contributed by atoms with Gasteiger partial charge in [0.2, 0.25) is 0 Å². The van der Waals surface area contributed by atoms with Gasteiger partial charge in [-0.25, -0.2) is 0 Å². The lowest BCUT2D eigenvalue weighted by atomic mass is 10.1. The molecular weight excluding hydrogens is 238 g/mol. The van der Waals surface area contributed by atoms with E-state index >= 15 is 0 Å². The molecule has 0 heterocycles. The van der Waals surface area contributed by atoms with Crippen molar-refractivity contribution in [2.45, 2.75) is 12.6 Å². The lowest BCUT2D eigenvalue weighted by Gasteiger charge is -2.15. The maximum absolute atomic E-state index is 5.31. The van der Waals surface area contributed by atoms with E-state index in [1.807, 2.05) is 0 Å². The molecular formula is C16H21NO2. The van der Waals surface area contributed by atoms with E-state index in [0.717, 1.165) is 13.1 Å². The van der Waals surface area contributed by atoms with E-state index in [0.29, 0.717) is 6.61 Å². The zero-order valence-corrected chi connectivity index (χ0v) is 11.6. The number of fused-ring (bicyclic) bond motifs is 1. The van der Waals surface area contributed by atoms with Crippen LogP contribution in [-0.4, -0.2) is 33.5 Å². The van der Waals surface area contributed by atoms with E-state index in [2.05, 4.69) is 47.8 Å². The maximum atomic E-state index is 5.31. The van der Waals surface area contributed by atoms with Crippen molar-refractivity contribution in [2.75, 3.05) is 27.4 Å². The zero-order chi connectivity index (χ0) is 13.5. The summed E-state index contributed by atoms with van der Waals surface area (Å²) < 4.78 is 10.4. The number of ether oxygens (including phenoxy) is 2. The van der Waals surface area contributed by atoms with Gasteiger partial charge in [-0.1, -0.05) is 36.4 Å². The highest BCUT2D eigenvalue weighted by atomic mass is 16.5. The number of nitrogens with one attached hydrogen (secondary N) is 1. The summed E-state index contributed by atoms with van der Waals surface area (Å²) in [6, 6.07) is 14.9. The molecule has 0 saturated heterocycles. The summed E-state index contributed by atoms with van der Waals surface area (Å²) >= 11 is 0. The van der Waals surface area contributed by atoms with Gasteiger partial charge in [-0.15, -0.1) is 0 Å². The van der Waals surface area contributed by atoms with E-state index in [1.165, 1.54) is 16.3 Å². The summed E-state index contributed by atoms with van der Waals surface area (Å²) in [5, 5.41) is 5.95. The van der Waals surface area contributed by atoms with Gasteiger partial charge >= 0.3 is 0 Å². The molecule has 0 radical (unpaired) electrons. The third-order valence-electron chi connectivity index (χ3n) is 3.20. The highest BCUT2D eigenvalue weighted by molar-refractivity contribution is 5.82. The highest BCUT2D eigenvalue weighted by Gasteiger charge is 2.05. The van der Waals surface area contributed by atoms with Crippen LogP contribution in [0.3, 0.4) is 0 Å². The predicted octanol–water partition coefficient (Wildman–Crippen LogP) is 2.59. The zero-order valence-electron chi connectivity index (χ0n) is 11.6. The number of methoxy groups -OCH3 is 2. The predicted molar refractivity (Wildman–Crippen MR) is 78.3 cm³/mol. The van der Waals surface area contributed by atoms with Crippen LogP contribution in [0, 0.1) is 0 Å². The molecule has 0 amide bonds. The molecule has 0 aliphatic rings. The fraction of sp³-hybridized carbons (Fsp3) is 0.375. The van der Waals surface area contributed by atoms with Gasteiger partial charge in [0.1, 0.15) is 0 Å². The first-order valence-corrected chi connectivity index (χ1v) is 6.53. The average Bonchev–Trinajstić information content (AvgIpc) is 2.46. The van der Waals surface area contributed by atoms with Gasteiger partial charge in [-0.05, 0) is 22.4 Å². The van der Waals surface area contributed by atoms with E-state index in [1.54, 1.807) is 14.2 Å². The number of rotatable bonds is 7. The van der Waals surface area contributed by atoms with Crippen molar-refractivity contribution in [3.8, 4) is 0 Å². The molecule has 2 aromatic rings. The third-order valence-corrected chi connectivity index (χ3v) is 3.20. The second-order valence-electron chi connectivity index (χ2n) is 4.63. The van der Waals surface area contributed by atoms with Crippen LogP contribution < -0.4 is 5.32 Å². The molecule has 0 bridgehead atoms. The molecule has 0 aliphatic heterocycles. The topological polar surface area (TPSA) is 30.5 Å². The van der Waals surface area contributed by atoms with Crippen molar-refractivity contribution in [1.29, 1.82) is 0 Å². The first-order valence-electron chi connectivity index (χ1n) is 6.53. The number of benzene rings is 2. The molecule has 1 N–H and O–H groups in total. The largest absolute Gasteiger partial charge is 0.382 e. The first kappa shape index (κ1) is 14.0. The van der Waals surface area contributed by atoms with E-state index in [-0.39, 0.29) is 6.10 Å². The molecule has 0 fully saturated rings. The average molecular weight is 259 g/mol. The van der Waals surface area contributed by atoms with Gasteiger partial charge in [-0.2, -0.15) is 0 Å². The lowest BCUT2D eigenvalue weighted by molar-refractivity contribution is 0.0288. The Kier molecular flexibility index (Phi) is 5.33. The molecule has 1 atom stereocenters. The maximum Gasteiger partial charge on any atom is 0.0928 e. The van der Waals surface area contributed by atoms with Crippen LogP contribution >= 0.6 is 0 Å². The minimum Gasteiger partial charge on any atom is -0.382 e. The molecule has 0 aliphatic carbocycles. The molecule has 0 aromatic heterocycles. The van der Waals surface area contributed by atoms with Gasteiger partial charge in [0.25, 0.3) is 0 Å². The summed E-state index contributed by atoms with van der Waals surface area (Å²) in [6.07, 6.45) is 0.102. The summed E-state index contributed by atoms with van der Waals surface area (Å²) in [5.41, 5.74) is 1.28. The van der Waals surface area contributed by atoms with Crippen LogP contribution in [0.1, 0.15) is 5.56 Å².